The van der Waals surface area contributed by atoms with Crippen molar-refractivity contribution in [2.24, 2.45) is 11.3 Å². The second kappa shape index (κ2) is 6.29. The van der Waals surface area contributed by atoms with Crippen LogP contribution in [0.5, 0.6) is 0 Å². The van der Waals surface area contributed by atoms with Crippen LogP contribution in [0.1, 0.15) is 37.7 Å². The first-order valence-corrected chi connectivity index (χ1v) is 7.36. The van der Waals surface area contributed by atoms with Crippen molar-refractivity contribution in [1.82, 2.24) is 0 Å². The smallest absolute Gasteiger partial charge is 0.324 e. The third kappa shape index (κ3) is 2.43. The molecule has 2 atom stereocenters. The first-order chi connectivity index (χ1) is 10.1. The molecule has 114 valence electrons. The molecule has 0 radical (unpaired) electrons. The highest BCUT2D eigenvalue weighted by molar-refractivity contribution is 6.06. The third-order valence-corrected chi connectivity index (χ3v) is 4.44. The monoisotopic (exact) mass is 290 g/mol. The number of carbonyl (C=O) groups excluding carboxylic acids is 2. The van der Waals surface area contributed by atoms with Crippen molar-refractivity contribution >= 4 is 11.9 Å². The summed E-state index contributed by atoms with van der Waals surface area (Å²) in [5.74, 6) is -1.15. The van der Waals surface area contributed by atoms with Gasteiger partial charge in [0.2, 0.25) is 0 Å². The Morgan fingerprint density at radius 1 is 1.10 bits per heavy atom. The molecule has 0 spiro atoms. The largest absolute Gasteiger partial charge is 0.468 e. The van der Waals surface area contributed by atoms with Crippen molar-refractivity contribution < 1.29 is 19.1 Å². The highest BCUT2D eigenvalue weighted by Gasteiger charge is 2.75. The maximum absolute atomic E-state index is 12.3. The zero-order chi connectivity index (χ0) is 15.5. The van der Waals surface area contributed by atoms with Gasteiger partial charge in [-0.1, -0.05) is 50.1 Å². The van der Waals surface area contributed by atoms with Gasteiger partial charge in [0.05, 0.1) is 14.2 Å². The number of hydrogen-bond donors (Lipinski definition) is 0. The first-order valence-electron chi connectivity index (χ1n) is 7.36. The van der Waals surface area contributed by atoms with Gasteiger partial charge < -0.3 is 9.47 Å². The Morgan fingerprint density at radius 2 is 1.67 bits per heavy atom. The first kappa shape index (κ1) is 15.5. The molecular formula is C17H22O4. The summed E-state index contributed by atoms with van der Waals surface area (Å²) in [6, 6.07) is 9.67. The fourth-order valence-electron chi connectivity index (χ4n) is 3.41. The third-order valence-electron chi connectivity index (χ3n) is 4.44. The Balaban J connectivity index is 2.40. The highest BCUT2D eigenvalue weighted by atomic mass is 16.5. The van der Waals surface area contributed by atoms with E-state index in [1.54, 1.807) is 0 Å². The van der Waals surface area contributed by atoms with Crippen molar-refractivity contribution in [1.29, 1.82) is 0 Å². The van der Waals surface area contributed by atoms with Crippen LogP contribution in [0.15, 0.2) is 30.3 Å². The van der Waals surface area contributed by atoms with Crippen molar-refractivity contribution in [2.75, 3.05) is 14.2 Å². The van der Waals surface area contributed by atoms with Crippen LogP contribution in [0, 0.1) is 11.3 Å². The molecule has 0 aliphatic heterocycles. The fourth-order valence-corrected chi connectivity index (χ4v) is 3.41. The van der Waals surface area contributed by atoms with Crippen LogP contribution in [0.25, 0.3) is 0 Å². The minimum Gasteiger partial charge on any atom is -0.468 e. The summed E-state index contributed by atoms with van der Waals surface area (Å²) in [4.78, 5) is 24.7. The van der Waals surface area contributed by atoms with Gasteiger partial charge in [-0.05, 0) is 17.9 Å². The minimum atomic E-state index is -1.17. The molecular weight excluding hydrogens is 268 g/mol. The molecule has 1 saturated carbocycles. The minimum absolute atomic E-state index is 0.0419. The quantitative estimate of drug-likeness (QED) is 0.597. The summed E-state index contributed by atoms with van der Waals surface area (Å²) in [7, 11) is 2.65. The molecule has 0 saturated heterocycles. The predicted molar refractivity (Wildman–Crippen MR) is 78.7 cm³/mol. The predicted octanol–water partition coefficient (Wildman–Crippen LogP) is 2.92. The molecule has 1 aromatic carbocycles. The average molecular weight is 290 g/mol. The van der Waals surface area contributed by atoms with Gasteiger partial charge >= 0.3 is 11.9 Å². The Hall–Kier alpha value is -1.84. The van der Waals surface area contributed by atoms with Gasteiger partial charge in [-0.15, -0.1) is 0 Å². The van der Waals surface area contributed by atoms with E-state index in [-0.39, 0.29) is 11.8 Å². The van der Waals surface area contributed by atoms with E-state index in [0.29, 0.717) is 0 Å². The van der Waals surface area contributed by atoms with Crippen LogP contribution in [0.3, 0.4) is 0 Å². The van der Waals surface area contributed by atoms with Crippen LogP contribution in [-0.4, -0.2) is 26.2 Å². The molecule has 2 rings (SSSR count). The van der Waals surface area contributed by atoms with Crippen LogP contribution < -0.4 is 0 Å². The van der Waals surface area contributed by atoms with Crippen LogP contribution in [-0.2, 0) is 19.1 Å². The van der Waals surface area contributed by atoms with E-state index in [2.05, 4.69) is 6.92 Å². The topological polar surface area (TPSA) is 52.6 Å². The van der Waals surface area contributed by atoms with Gasteiger partial charge in [0.1, 0.15) is 0 Å². The van der Waals surface area contributed by atoms with Crippen LogP contribution >= 0.6 is 0 Å². The van der Waals surface area contributed by atoms with Gasteiger partial charge in [-0.2, -0.15) is 0 Å². The number of unbranched alkanes of at least 4 members (excludes halogenated alkanes) is 1. The van der Waals surface area contributed by atoms with Crippen molar-refractivity contribution in [3.63, 3.8) is 0 Å². The number of esters is 2. The Kier molecular flexibility index (Phi) is 4.66. The zero-order valence-corrected chi connectivity index (χ0v) is 12.8. The zero-order valence-electron chi connectivity index (χ0n) is 12.8. The van der Waals surface area contributed by atoms with Gasteiger partial charge in [0.15, 0.2) is 5.41 Å². The standard InChI is InChI=1S/C17H22O4/c1-4-5-11-13-14(12-9-7-6-8-10-12)17(13,15(18)20-2)16(19)21-3/h6-10,13-14H,4-5,11H2,1-3H3/t13?,14-/m1/s1. The number of benzene rings is 1. The number of ether oxygens (including phenoxy) is 2. The molecule has 1 aliphatic rings. The molecule has 0 aromatic heterocycles. The molecule has 4 nitrogen and oxygen atoms in total. The van der Waals surface area contributed by atoms with E-state index in [1.807, 2.05) is 30.3 Å². The van der Waals surface area contributed by atoms with Crippen molar-refractivity contribution in [3.8, 4) is 0 Å². The Bertz CT molecular complexity index is 493. The maximum atomic E-state index is 12.3. The molecule has 1 aromatic rings. The molecule has 1 fully saturated rings. The molecule has 0 heterocycles. The van der Waals surface area contributed by atoms with E-state index in [1.165, 1.54) is 14.2 Å². The molecule has 21 heavy (non-hydrogen) atoms. The van der Waals surface area contributed by atoms with E-state index in [0.717, 1.165) is 24.8 Å². The summed E-state index contributed by atoms with van der Waals surface area (Å²) >= 11 is 0. The summed E-state index contributed by atoms with van der Waals surface area (Å²) in [6.45, 7) is 2.10. The molecule has 4 heteroatoms. The number of hydrogen-bond acceptors (Lipinski definition) is 4. The van der Waals surface area contributed by atoms with Gasteiger partial charge in [-0.25, -0.2) is 0 Å². The Labute approximate surface area is 125 Å². The second-order valence-electron chi connectivity index (χ2n) is 5.49. The maximum Gasteiger partial charge on any atom is 0.324 e. The molecule has 0 bridgehead atoms. The van der Waals surface area contributed by atoms with E-state index in [4.69, 9.17) is 9.47 Å². The van der Waals surface area contributed by atoms with E-state index >= 15 is 0 Å². The number of carbonyl (C=O) groups is 2. The highest BCUT2D eigenvalue weighted by Crippen LogP contribution is 2.67. The lowest BCUT2D eigenvalue weighted by atomic mass is 9.98. The van der Waals surface area contributed by atoms with E-state index < -0.39 is 17.4 Å². The molecule has 0 amide bonds. The van der Waals surface area contributed by atoms with Gasteiger partial charge in [-0.3, -0.25) is 9.59 Å². The summed E-state index contributed by atoms with van der Waals surface area (Å²) < 4.78 is 9.85. The van der Waals surface area contributed by atoms with E-state index in [9.17, 15) is 9.59 Å². The second-order valence-corrected chi connectivity index (χ2v) is 5.49. The van der Waals surface area contributed by atoms with Gasteiger partial charge in [0, 0.05) is 5.92 Å². The summed E-state index contributed by atoms with van der Waals surface area (Å²) in [5.41, 5.74) is -0.172. The lowest BCUT2D eigenvalue weighted by Gasteiger charge is -2.13. The van der Waals surface area contributed by atoms with Crippen molar-refractivity contribution in [2.45, 2.75) is 32.1 Å². The molecule has 1 unspecified atom stereocenters. The molecule has 1 aliphatic carbocycles. The van der Waals surface area contributed by atoms with Crippen LogP contribution in [0.2, 0.25) is 0 Å². The van der Waals surface area contributed by atoms with Gasteiger partial charge in [0.25, 0.3) is 0 Å². The van der Waals surface area contributed by atoms with Crippen LogP contribution in [0.4, 0.5) is 0 Å². The number of rotatable bonds is 6. The number of methoxy groups -OCH3 is 2. The molecule has 0 N–H and O–H groups in total. The normalized spacial score (nSPS) is 22.4. The lowest BCUT2D eigenvalue weighted by molar-refractivity contribution is -0.162. The van der Waals surface area contributed by atoms with Crippen molar-refractivity contribution in [3.05, 3.63) is 35.9 Å². The average Bonchev–Trinajstić information content (AvgIpc) is 3.21. The summed E-state index contributed by atoms with van der Waals surface area (Å²) in [5, 5.41) is 0. The SMILES string of the molecule is CCCCC1[C@@H](c2ccccc2)C1(C(=O)OC)C(=O)OC. The Morgan fingerprint density at radius 3 is 2.14 bits per heavy atom. The summed E-state index contributed by atoms with van der Waals surface area (Å²) in [6.07, 6.45) is 2.82. The lowest BCUT2D eigenvalue weighted by Crippen LogP contribution is -2.31. The fraction of sp³-hybridized carbons (Fsp3) is 0.529.